The quantitative estimate of drug-likeness (QED) is 0.374. The van der Waals surface area contributed by atoms with E-state index in [-0.39, 0.29) is 23.8 Å². The molecular weight excluding hydrogens is 438 g/mol. The number of fused-ring (bicyclic) bond motifs is 2. The van der Waals surface area contributed by atoms with E-state index in [2.05, 4.69) is 20.4 Å². The van der Waals surface area contributed by atoms with Crippen LogP contribution in [0.25, 0.3) is 21.9 Å². The van der Waals surface area contributed by atoms with Crippen LogP contribution in [0.15, 0.2) is 87.5 Å². The molecule has 0 saturated carbocycles. The minimum Gasteiger partial charge on any atom is -0.431 e. The van der Waals surface area contributed by atoms with Crippen molar-refractivity contribution in [1.82, 2.24) is 25.1 Å². The van der Waals surface area contributed by atoms with Gasteiger partial charge in [-0.05, 0) is 29.8 Å². The molecule has 0 aliphatic carbocycles. The van der Waals surface area contributed by atoms with Gasteiger partial charge in [0.25, 0.3) is 10.8 Å². The first-order valence-electron chi connectivity index (χ1n) is 10.3. The summed E-state index contributed by atoms with van der Waals surface area (Å²) in [5, 5.41) is 9.15. The van der Waals surface area contributed by atoms with Crippen molar-refractivity contribution < 1.29 is 9.21 Å². The van der Waals surface area contributed by atoms with Gasteiger partial charge in [-0.3, -0.25) is 14.6 Å². The Balaban J connectivity index is 1.31. The van der Waals surface area contributed by atoms with Gasteiger partial charge in [-0.1, -0.05) is 48.2 Å². The Morgan fingerprint density at radius 1 is 1.03 bits per heavy atom. The first kappa shape index (κ1) is 20.9. The number of amides is 1. The fraction of sp³-hybridized carbons (Fsp3) is 0.125. The minimum atomic E-state index is -0.184. The van der Waals surface area contributed by atoms with Crippen molar-refractivity contribution in [2.24, 2.45) is 0 Å². The second-order valence-electron chi connectivity index (χ2n) is 7.33. The van der Waals surface area contributed by atoms with E-state index in [1.165, 1.54) is 16.4 Å². The normalized spacial score (nSPS) is 11.2. The number of aromatic nitrogens is 4. The zero-order valence-corrected chi connectivity index (χ0v) is 18.3. The Kier molecular flexibility index (Phi) is 5.86. The molecule has 0 saturated heterocycles. The Bertz CT molecular complexity index is 1460. The molecule has 0 aliphatic heterocycles. The summed E-state index contributed by atoms with van der Waals surface area (Å²) in [4.78, 5) is 33.9. The second-order valence-corrected chi connectivity index (χ2v) is 8.26. The molecule has 2 aromatic carbocycles. The van der Waals surface area contributed by atoms with E-state index in [1.807, 2.05) is 54.6 Å². The molecule has 0 aliphatic rings. The molecule has 1 amide bonds. The van der Waals surface area contributed by atoms with Gasteiger partial charge >= 0.3 is 0 Å². The van der Waals surface area contributed by atoms with E-state index in [4.69, 9.17) is 4.42 Å². The standard InChI is InChI=1S/C24H19N5O3S/c30-22(15-33-24-27-19-9-3-4-10-21(19)32-24)26-13-20-17-7-1-2-8-18(17)23(31)29(28-20)14-16-6-5-11-25-12-16/h1-12H,13-15H2,(H,26,30). The van der Waals surface area contributed by atoms with Crippen molar-refractivity contribution in [3.8, 4) is 0 Å². The highest BCUT2D eigenvalue weighted by Gasteiger charge is 2.13. The van der Waals surface area contributed by atoms with Crippen molar-refractivity contribution in [3.63, 3.8) is 0 Å². The first-order chi connectivity index (χ1) is 16.2. The molecule has 5 rings (SSSR count). The topological polar surface area (TPSA) is 103 Å². The molecule has 0 atom stereocenters. The number of thioether (sulfide) groups is 1. The van der Waals surface area contributed by atoms with Gasteiger partial charge in [0.05, 0.1) is 29.9 Å². The van der Waals surface area contributed by atoms with Crippen LogP contribution in [0.5, 0.6) is 0 Å². The summed E-state index contributed by atoms with van der Waals surface area (Å²) in [7, 11) is 0. The van der Waals surface area contributed by atoms with E-state index in [0.717, 1.165) is 16.5 Å². The van der Waals surface area contributed by atoms with Gasteiger partial charge in [0.2, 0.25) is 5.91 Å². The van der Waals surface area contributed by atoms with Gasteiger partial charge in [0.1, 0.15) is 5.52 Å². The number of benzene rings is 2. The molecule has 5 aromatic rings. The van der Waals surface area contributed by atoms with Crippen LogP contribution in [-0.4, -0.2) is 31.4 Å². The number of carbonyl (C=O) groups is 1. The fourth-order valence-corrected chi connectivity index (χ4v) is 4.15. The number of nitrogens with one attached hydrogen (secondary N) is 1. The summed E-state index contributed by atoms with van der Waals surface area (Å²) in [6.07, 6.45) is 3.38. The lowest BCUT2D eigenvalue weighted by Gasteiger charge is -2.12. The van der Waals surface area contributed by atoms with Gasteiger partial charge in [-0.25, -0.2) is 9.67 Å². The molecule has 0 radical (unpaired) electrons. The van der Waals surface area contributed by atoms with Gasteiger partial charge < -0.3 is 9.73 Å². The van der Waals surface area contributed by atoms with Crippen molar-refractivity contribution in [2.45, 2.75) is 18.3 Å². The average molecular weight is 458 g/mol. The third kappa shape index (κ3) is 4.63. The first-order valence-corrected chi connectivity index (χ1v) is 11.3. The Labute approximate surface area is 192 Å². The Morgan fingerprint density at radius 2 is 1.85 bits per heavy atom. The zero-order valence-electron chi connectivity index (χ0n) is 17.5. The summed E-state index contributed by atoms with van der Waals surface area (Å²) in [6, 6.07) is 18.4. The number of pyridine rings is 1. The summed E-state index contributed by atoms with van der Waals surface area (Å²) in [5.41, 5.74) is 2.75. The summed E-state index contributed by atoms with van der Waals surface area (Å²) >= 11 is 1.23. The summed E-state index contributed by atoms with van der Waals surface area (Å²) in [6.45, 7) is 0.493. The van der Waals surface area contributed by atoms with Crippen molar-refractivity contribution >= 4 is 39.5 Å². The molecule has 8 nitrogen and oxygen atoms in total. The maximum absolute atomic E-state index is 12.9. The minimum absolute atomic E-state index is 0.153. The van der Waals surface area contributed by atoms with E-state index in [0.29, 0.717) is 28.4 Å². The molecule has 33 heavy (non-hydrogen) atoms. The predicted octanol–water partition coefficient (Wildman–Crippen LogP) is 3.39. The number of rotatable bonds is 7. The molecule has 9 heteroatoms. The third-order valence-electron chi connectivity index (χ3n) is 5.05. The van der Waals surface area contributed by atoms with Crippen LogP contribution in [-0.2, 0) is 17.9 Å². The highest BCUT2D eigenvalue weighted by molar-refractivity contribution is 7.99. The highest BCUT2D eigenvalue weighted by atomic mass is 32.2. The van der Waals surface area contributed by atoms with Gasteiger partial charge in [-0.15, -0.1) is 0 Å². The Morgan fingerprint density at radius 3 is 2.67 bits per heavy atom. The van der Waals surface area contributed by atoms with Gasteiger partial charge in [0.15, 0.2) is 5.58 Å². The largest absolute Gasteiger partial charge is 0.431 e. The third-order valence-corrected chi connectivity index (χ3v) is 5.88. The highest BCUT2D eigenvalue weighted by Crippen LogP contribution is 2.23. The zero-order chi connectivity index (χ0) is 22.6. The van der Waals surface area contributed by atoms with Gasteiger partial charge in [0, 0.05) is 17.8 Å². The number of para-hydroxylation sites is 2. The molecule has 1 N–H and O–H groups in total. The lowest BCUT2D eigenvalue weighted by molar-refractivity contribution is -0.118. The van der Waals surface area contributed by atoms with Crippen molar-refractivity contribution in [3.05, 3.63) is 94.7 Å². The number of oxazole rings is 1. The molecule has 0 fully saturated rings. The summed E-state index contributed by atoms with van der Waals surface area (Å²) < 4.78 is 7.05. The van der Waals surface area contributed by atoms with Crippen LogP contribution in [0.3, 0.4) is 0 Å². The van der Waals surface area contributed by atoms with Crippen LogP contribution >= 0.6 is 11.8 Å². The maximum Gasteiger partial charge on any atom is 0.274 e. The van der Waals surface area contributed by atoms with E-state index < -0.39 is 0 Å². The number of nitrogens with zero attached hydrogens (tertiary/aromatic N) is 4. The van der Waals surface area contributed by atoms with Crippen LogP contribution in [0.4, 0.5) is 0 Å². The SMILES string of the molecule is O=C(CSc1nc2ccccc2o1)NCc1nn(Cc2cccnc2)c(=O)c2ccccc12. The molecule has 3 aromatic heterocycles. The molecule has 0 unspecified atom stereocenters. The smallest absolute Gasteiger partial charge is 0.274 e. The molecule has 3 heterocycles. The van der Waals surface area contributed by atoms with Crippen LogP contribution in [0, 0.1) is 0 Å². The lowest BCUT2D eigenvalue weighted by atomic mass is 10.1. The molecule has 164 valence electrons. The lowest BCUT2D eigenvalue weighted by Crippen LogP contribution is -2.29. The number of hydrogen-bond acceptors (Lipinski definition) is 7. The van der Waals surface area contributed by atoms with Crippen LogP contribution in [0.2, 0.25) is 0 Å². The second kappa shape index (κ2) is 9.25. The van der Waals surface area contributed by atoms with Crippen LogP contribution < -0.4 is 10.9 Å². The molecular formula is C24H19N5O3S. The average Bonchev–Trinajstić information content (AvgIpc) is 3.27. The Hall–Kier alpha value is -3.98. The van der Waals surface area contributed by atoms with E-state index >= 15 is 0 Å². The van der Waals surface area contributed by atoms with E-state index in [9.17, 15) is 9.59 Å². The molecule has 0 bridgehead atoms. The number of carbonyl (C=O) groups excluding carboxylic acids is 1. The van der Waals surface area contributed by atoms with Gasteiger partial charge in [-0.2, -0.15) is 5.10 Å². The summed E-state index contributed by atoms with van der Waals surface area (Å²) in [5.74, 6) is -0.0294. The fourth-order valence-electron chi connectivity index (χ4n) is 3.48. The van der Waals surface area contributed by atoms with Crippen molar-refractivity contribution in [1.29, 1.82) is 0 Å². The maximum atomic E-state index is 12.9. The van der Waals surface area contributed by atoms with Crippen LogP contribution in [0.1, 0.15) is 11.3 Å². The van der Waals surface area contributed by atoms with E-state index in [1.54, 1.807) is 18.5 Å². The molecule has 0 spiro atoms. The van der Waals surface area contributed by atoms with Crippen molar-refractivity contribution in [2.75, 3.05) is 5.75 Å². The monoisotopic (exact) mass is 457 g/mol. The number of hydrogen-bond donors (Lipinski definition) is 1. The predicted molar refractivity (Wildman–Crippen MR) is 126 cm³/mol.